The second-order valence-corrected chi connectivity index (χ2v) is 6.28. The van der Waals surface area contributed by atoms with Gasteiger partial charge in [0.1, 0.15) is 0 Å². The number of methoxy groups -OCH3 is 1. The Morgan fingerprint density at radius 1 is 1.35 bits per heavy atom. The average Bonchev–Trinajstić information content (AvgIpc) is 2.43. The predicted octanol–water partition coefficient (Wildman–Crippen LogP) is 2.06. The molecule has 0 heterocycles. The molecular weight excluding hydrogens is 278 g/mol. The highest BCUT2D eigenvalue weighted by molar-refractivity contribution is 7.89. The van der Waals surface area contributed by atoms with Crippen LogP contribution in [0.4, 0.5) is 0 Å². The molecule has 0 saturated heterocycles. The minimum atomic E-state index is -3.76. The van der Waals surface area contributed by atoms with Crippen LogP contribution in [-0.4, -0.2) is 38.9 Å². The number of carbonyl (C=O) groups is 1. The first kappa shape index (κ1) is 16.4. The highest BCUT2D eigenvalue weighted by atomic mass is 32.2. The predicted molar refractivity (Wildman–Crippen MR) is 77.0 cm³/mol. The number of esters is 1. The molecule has 0 N–H and O–H groups in total. The normalized spacial score (nSPS) is 11.4. The first-order valence-corrected chi connectivity index (χ1v) is 7.60. The molecule has 0 spiro atoms. The maximum atomic E-state index is 12.6. The zero-order valence-electron chi connectivity index (χ0n) is 11.9. The van der Waals surface area contributed by atoms with Gasteiger partial charge in [-0.25, -0.2) is 13.2 Å². The fourth-order valence-corrected chi connectivity index (χ4v) is 3.47. The van der Waals surface area contributed by atoms with Crippen molar-refractivity contribution < 1.29 is 17.9 Å². The van der Waals surface area contributed by atoms with Gasteiger partial charge in [-0.2, -0.15) is 4.31 Å². The van der Waals surface area contributed by atoms with Gasteiger partial charge >= 0.3 is 5.97 Å². The summed E-state index contributed by atoms with van der Waals surface area (Å²) in [7, 11) is -2.54. The maximum absolute atomic E-state index is 12.6. The lowest BCUT2D eigenvalue weighted by Gasteiger charge is -2.21. The van der Waals surface area contributed by atoms with Crippen molar-refractivity contribution in [2.24, 2.45) is 0 Å². The lowest BCUT2D eigenvalue weighted by Crippen LogP contribution is -2.33. The molecule has 0 atom stereocenters. The van der Waals surface area contributed by atoms with Crippen LogP contribution in [0.15, 0.2) is 41.3 Å². The Labute approximate surface area is 119 Å². The van der Waals surface area contributed by atoms with Crippen molar-refractivity contribution in [3.05, 3.63) is 42.0 Å². The molecule has 0 unspecified atom stereocenters. The van der Waals surface area contributed by atoms with Gasteiger partial charge in [-0.1, -0.05) is 31.2 Å². The van der Waals surface area contributed by atoms with Gasteiger partial charge in [0, 0.05) is 13.1 Å². The molecule has 0 amide bonds. The smallest absolute Gasteiger partial charge is 0.339 e. The van der Waals surface area contributed by atoms with Crippen LogP contribution in [0.1, 0.15) is 24.2 Å². The van der Waals surface area contributed by atoms with E-state index in [9.17, 15) is 13.2 Å². The minimum absolute atomic E-state index is 0.0372. The van der Waals surface area contributed by atoms with E-state index in [0.29, 0.717) is 6.54 Å². The molecule has 0 aliphatic heterocycles. The van der Waals surface area contributed by atoms with Gasteiger partial charge in [-0.05, 0) is 19.1 Å². The molecule has 20 heavy (non-hydrogen) atoms. The number of ether oxygens (including phenoxy) is 1. The molecule has 0 aliphatic carbocycles. The van der Waals surface area contributed by atoms with E-state index >= 15 is 0 Å². The summed E-state index contributed by atoms with van der Waals surface area (Å²) in [6, 6.07) is 6.02. The Morgan fingerprint density at radius 3 is 2.45 bits per heavy atom. The van der Waals surface area contributed by atoms with E-state index in [0.717, 1.165) is 5.57 Å². The molecule has 1 rings (SSSR count). The Kier molecular flexibility index (Phi) is 5.47. The third-order valence-corrected chi connectivity index (χ3v) is 4.69. The van der Waals surface area contributed by atoms with Crippen LogP contribution >= 0.6 is 0 Å². The fraction of sp³-hybridized carbons (Fsp3) is 0.357. The van der Waals surface area contributed by atoms with E-state index in [1.807, 2.05) is 0 Å². The summed E-state index contributed by atoms with van der Waals surface area (Å²) in [5.74, 6) is -0.671. The molecule has 0 aromatic heterocycles. The number of likely N-dealkylation sites (N-methyl/N-ethyl adjacent to an activating group) is 1. The molecular formula is C14H19NO4S. The number of benzene rings is 1. The summed E-state index contributed by atoms with van der Waals surface area (Å²) in [6.45, 7) is 7.73. The van der Waals surface area contributed by atoms with Crippen LogP contribution in [0.3, 0.4) is 0 Å². The molecule has 0 saturated carbocycles. The quantitative estimate of drug-likeness (QED) is 0.595. The first-order chi connectivity index (χ1) is 9.34. The molecule has 0 fully saturated rings. The third kappa shape index (κ3) is 3.46. The summed E-state index contributed by atoms with van der Waals surface area (Å²) in [6.07, 6.45) is 0. The zero-order chi connectivity index (χ0) is 15.3. The standard InChI is InChI=1S/C14H19NO4S/c1-5-15(10-11(2)3)20(17,18)13-9-7-6-8-12(13)14(16)19-4/h6-9H,2,5,10H2,1,3-4H3. The Morgan fingerprint density at radius 2 is 1.95 bits per heavy atom. The van der Waals surface area contributed by atoms with E-state index in [1.165, 1.54) is 23.5 Å². The number of hydrogen-bond acceptors (Lipinski definition) is 4. The molecule has 0 radical (unpaired) electrons. The SMILES string of the molecule is C=C(C)CN(CC)S(=O)(=O)c1ccccc1C(=O)OC. The lowest BCUT2D eigenvalue weighted by atomic mass is 10.2. The highest BCUT2D eigenvalue weighted by Crippen LogP contribution is 2.21. The molecule has 5 nitrogen and oxygen atoms in total. The van der Waals surface area contributed by atoms with E-state index in [4.69, 9.17) is 0 Å². The Bertz CT molecular complexity index is 607. The van der Waals surface area contributed by atoms with E-state index in [-0.39, 0.29) is 17.0 Å². The fourth-order valence-electron chi connectivity index (χ4n) is 1.78. The largest absolute Gasteiger partial charge is 0.465 e. The maximum Gasteiger partial charge on any atom is 0.339 e. The van der Waals surface area contributed by atoms with Crippen molar-refractivity contribution in [3.8, 4) is 0 Å². The summed E-state index contributed by atoms with van der Waals surface area (Å²) in [5, 5.41) is 0. The second-order valence-electron chi connectivity index (χ2n) is 4.38. The zero-order valence-corrected chi connectivity index (χ0v) is 12.7. The van der Waals surface area contributed by atoms with Crippen LogP contribution in [0.2, 0.25) is 0 Å². The van der Waals surface area contributed by atoms with Gasteiger partial charge in [0.05, 0.1) is 17.6 Å². The number of nitrogens with zero attached hydrogens (tertiary/aromatic N) is 1. The molecule has 110 valence electrons. The second kappa shape index (κ2) is 6.67. The Balaban J connectivity index is 3.34. The third-order valence-electron chi connectivity index (χ3n) is 2.71. The van der Waals surface area contributed by atoms with Crippen molar-refractivity contribution in [1.29, 1.82) is 0 Å². The summed E-state index contributed by atoms with van der Waals surface area (Å²) < 4.78 is 31.1. The van der Waals surface area contributed by atoms with Crippen LogP contribution in [0.5, 0.6) is 0 Å². The molecule has 0 bridgehead atoms. The number of carbonyl (C=O) groups excluding carboxylic acids is 1. The van der Waals surface area contributed by atoms with Crippen LogP contribution < -0.4 is 0 Å². The molecule has 1 aromatic carbocycles. The number of rotatable bonds is 6. The van der Waals surface area contributed by atoms with Crippen molar-refractivity contribution in [1.82, 2.24) is 4.31 Å². The highest BCUT2D eigenvalue weighted by Gasteiger charge is 2.28. The van der Waals surface area contributed by atoms with E-state index in [2.05, 4.69) is 11.3 Å². The summed E-state index contributed by atoms with van der Waals surface area (Å²) >= 11 is 0. The topological polar surface area (TPSA) is 63.7 Å². The van der Waals surface area contributed by atoms with Crippen molar-refractivity contribution >= 4 is 16.0 Å². The average molecular weight is 297 g/mol. The summed E-state index contributed by atoms with van der Waals surface area (Å²) in [5.41, 5.74) is 0.765. The van der Waals surface area contributed by atoms with Gasteiger partial charge in [0.2, 0.25) is 10.0 Å². The van der Waals surface area contributed by atoms with Gasteiger partial charge in [0.25, 0.3) is 0 Å². The molecule has 6 heteroatoms. The van der Waals surface area contributed by atoms with Crippen molar-refractivity contribution in [2.45, 2.75) is 18.7 Å². The molecule has 0 aliphatic rings. The van der Waals surface area contributed by atoms with Crippen LogP contribution in [0.25, 0.3) is 0 Å². The van der Waals surface area contributed by atoms with Gasteiger partial charge < -0.3 is 4.74 Å². The number of hydrogen-bond donors (Lipinski definition) is 0. The van der Waals surface area contributed by atoms with Gasteiger partial charge in [-0.15, -0.1) is 0 Å². The van der Waals surface area contributed by atoms with Gasteiger partial charge in [0.15, 0.2) is 0 Å². The Hall–Kier alpha value is -1.66. The van der Waals surface area contributed by atoms with Gasteiger partial charge in [-0.3, -0.25) is 0 Å². The van der Waals surface area contributed by atoms with Crippen LogP contribution in [0, 0.1) is 0 Å². The first-order valence-electron chi connectivity index (χ1n) is 6.16. The van der Waals surface area contributed by atoms with Crippen molar-refractivity contribution in [3.63, 3.8) is 0 Å². The minimum Gasteiger partial charge on any atom is -0.465 e. The number of sulfonamides is 1. The van der Waals surface area contributed by atoms with Crippen LogP contribution in [-0.2, 0) is 14.8 Å². The lowest BCUT2D eigenvalue weighted by molar-refractivity contribution is 0.0596. The van der Waals surface area contributed by atoms with E-state index < -0.39 is 16.0 Å². The molecule has 1 aromatic rings. The van der Waals surface area contributed by atoms with Crippen molar-refractivity contribution in [2.75, 3.05) is 20.2 Å². The summed E-state index contributed by atoms with van der Waals surface area (Å²) in [4.78, 5) is 11.6. The van der Waals surface area contributed by atoms with E-state index in [1.54, 1.807) is 26.0 Å². The monoisotopic (exact) mass is 297 g/mol.